The lowest BCUT2D eigenvalue weighted by Gasteiger charge is -2.20. The minimum absolute atomic E-state index is 0.0106. The summed E-state index contributed by atoms with van der Waals surface area (Å²) in [6, 6.07) is 7.55. The Balaban J connectivity index is 1.40. The number of imidazole rings is 1. The number of fused-ring (bicyclic) bond motifs is 1. The second-order valence-electron chi connectivity index (χ2n) is 6.33. The van der Waals surface area contributed by atoms with E-state index in [0.717, 1.165) is 22.0 Å². The van der Waals surface area contributed by atoms with Crippen LogP contribution in [0.15, 0.2) is 29.1 Å². The quantitative estimate of drug-likeness (QED) is 0.757. The largest absolute Gasteiger partial charge is 0.355 e. The molecule has 1 fully saturated rings. The summed E-state index contributed by atoms with van der Waals surface area (Å²) >= 11 is 1.98. The monoisotopic (exact) mass is 347 g/mol. The minimum Gasteiger partial charge on any atom is -0.355 e. The number of rotatable bonds is 7. The van der Waals surface area contributed by atoms with Gasteiger partial charge in [-0.15, -0.1) is 0 Å². The predicted octanol–water partition coefficient (Wildman–Crippen LogP) is 2.90. The van der Waals surface area contributed by atoms with E-state index >= 15 is 0 Å². The number of aromatic amines is 1. The fraction of sp³-hybridized carbons (Fsp3) is 0.556. The first kappa shape index (κ1) is 17.1. The Morgan fingerprint density at radius 3 is 2.88 bits per heavy atom. The number of carbonyl (C=O) groups excluding carboxylic acids is 1. The van der Waals surface area contributed by atoms with E-state index < -0.39 is 0 Å². The molecule has 6 heteroatoms. The topological polar surface area (TPSA) is 66.9 Å². The van der Waals surface area contributed by atoms with Crippen molar-refractivity contribution >= 4 is 28.7 Å². The molecule has 1 aromatic heterocycles. The van der Waals surface area contributed by atoms with E-state index in [4.69, 9.17) is 0 Å². The van der Waals surface area contributed by atoms with Gasteiger partial charge in [0.15, 0.2) is 0 Å². The molecule has 1 aliphatic carbocycles. The van der Waals surface area contributed by atoms with Gasteiger partial charge >= 0.3 is 5.69 Å². The molecule has 0 aliphatic heterocycles. The van der Waals surface area contributed by atoms with Crippen molar-refractivity contribution in [3.05, 3.63) is 34.7 Å². The van der Waals surface area contributed by atoms with Crippen LogP contribution in [0.25, 0.3) is 11.0 Å². The molecule has 0 atom stereocenters. The van der Waals surface area contributed by atoms with Crippen LogP contribution in [0, 0.1) is 0 Å². The van der Waals surface area contributed by atoms with E-state index in [1.807, 2.05) is 36.0 Å². The molecule has 2 N–H and O–H groups in total. The van der Waals surface area contributed by atoms with E-state index in [-0.39, 0.29) is 11.6 Å². The van der Waals surface area contributed by atoms with Gasteiger partial charge in [0, 0.05) is 30.5 Å². The molecule has 5 nitrogen and oxygen atoms in total. The van der Waals surface area contributed by atoms with Crippen LogP contribution in [0.3, 0.4) is 0 Å². The van der Waals surface area contributed by atoms with Gasteiger partial charge in [-0.05, 0) is 25.0 Å². The van der Waals surface area contributed by atoms with Crippen LogP contribution in [-0.2, 0) is 11.3 Å². The lowest BCUT2D eigenvalue weighted by atomic mass is 10.0. The van der Waals surface area contributed by atoms with E-state index in [1.165, 1.54) is 32.1 Å². The number of H-pyrrole nitrogens is 1. The minimum atomic E-state index is -0.156. The molecular formula is C18H25N3O2S. The number of nitrogens with one attached hydrogen (secondary N) is 2. The van der Waals surface area contributed by atoms with Gasteiger partial charge in [-0.1, -0.05) is 31.4 Å². The predicted molar refractivity (Wildman–Crippen MR) is 99.5 cm³/mol. The number of benzene rings is 1. The van der Waals surface area contributed by atoms with Gasteiger partial charge in [-0.2, -0.15) is 11.8 Å². The average molecular weight is 347 g/mol. The number of hydrogen-bond donors (Lipinski definition) is 2. The SMILES string of the molecule is O=C(CCn1c(=O)[nH]c2ccccc21)NCCSC1CCCCC1. The number of amides is 1. The van der Waals surface area contributed by atoms with Crippen molar-refractivity contribution in [3.8, 4) is 0 Å². The van der Waals surface area contributed by atoms with Gasteiger partial charge in [0.1, 0.15) is 0 Å². The van der Waals surface area contributed by atoms with Crippen molar-refractivity contribution in [3.63, 3.8) is 0 Å². The molecule has 24 heavy (non-hydrogen) atoms. The second kappa shape index (κ2) is 8.42. The summed E-state index contributed by atoms with van der Waals surface area (Å²) in [5.74, 6) is 0.986. The normalized spacial score (nSPS) is 15.7. The smallest absolute Gasteiger partial charge is 0.326 e. The molecule has 130 valence electrons. The van der Waals surface area contributed by atoms with Gasteiger partial charge in [0.2, 0.25) is 5.91 Å². The lowest BCUT2D eigenvalue weighted by Crippen LogP contribution is -2.28. The molecular weight excluding hydrogens is 322 g/mol. The van der Waals surface area contributed by atoms with Crippen LogP contribution in [-0.4, -0.2) is 33.0 Å². The van der Waals surface area contributed by atoms with Crippen LogP contribution in [0.1, 0.15) is 38.5 Å². The molecule has 0 radical (unpaired) electrons. The van der Waals surface area contributed by atoms with Crippen LogP contribution >= 0.6 is 11.8 Å². The molecule has 1 aliphatic rings. The Labute approximate surface area is 146 Å². The summed E-state index contributed by atoms with van der Waals surface area (Å²) in [7, 11) is 0. The molecule has 0 spiro atoms. The van der Waals surface area contributed by atoms with Crippen molar-refractivity contribution in [2.45, 2.75) is 50.3 Å². The van der Waals surface area contributed by atoms with E-state index in [0.29, 0.717) is 19.5 Å². The Bertz CT molecular complexity index is 731. The summed E-state index contributed by atoms with van der Waals surface area (Å²) in [6.45, 7) is 1.12. The zero-order chi connectivity index (χ0) is 16.8. The zero-order valence-electron chi connectivity index (χ0n) is 13.9. The molecule has 2 aromatic rings. The third-order valence-electron chi connectivity index (χ3n) is 4.57. The molecule has 0 bridgehead atoms. The Hall–Kier alpha value is -1.69. The summed E-state index contributed by atoms with van der Waals surface area (Å²) in [5.41, 5.74) is 1.51. The fourth-order valence-corrected chi connectivity index (χ4v) is 4.50. The number of hydrogen-bond acceptors (Lipinski definition) is 3. The Kier molecular flexibility index (Phi) is 6.01. The second-order valence-corrected chi connectivity index (χ2v) is 7.74. The van der Waals surface area contributed by atoms with Crippen LogP contribution < -0.4 is 11.0 Å². The van der Waals surface area contributed by atoms with Crippen molar-refractivity contribution in [2.24, 2.45) is 0 Å². The van der Waals surface area contributed by atoms with Gasteiger partial charge in [0.25, 0.3) is 0 Å². The van der Waals surface area contributed by atoms with Crippen molar-refractivity contribution in [1.29, 1.82) is 0 Å². The summed E-state index contributed by atoms with van der Waals surface area (Å²) in [6.07, 6.45) is 7.05. The summed E-state index contributed by atoms with van der Waals surface area (Å²) in [5, 5.41) is 3.75. The lowest BCUT2D eigenvalue weighted by molar-refractivity contribution is -0.121. The summed E-state index contributed by atoms with van der Waals surface area (Å²) in [4.78, 5) is 26.8. The highest BCUT2D eigenvalue weighted by Gasteiger charge is 2.13. The van der Waals surface area contributed by atoms with Crippen molar-refractivity contribution < 1.29 is 4.79 Å². The Morgan fingerprint density at radius 1 is 1.25 bits per heavy atom. The standard InChI is InChI=1S/C18H25N3O2S/c22-17(19-11-13-24-14-6-2-1-3-7-14)10-12-21-16-9-5-4-8-15(16)20-18(21)23/h4-5,8-9,14H,1-3,6-7,10-13H2,(H,19,22)(H,20,23). The van der Waals surface area contributed by atoms with E-state index in [1.54, 1.807) is 4.57 Å². The third kappa shape index (κ3) is 4.44. The highest BCUT2D eigenvalue weighted by Crippen LogP contribution is 2.27. The molecule has 0 saturated heterocycles. The molecule has 1 amide bonds. The van der Waals surface area contributed by atoms with Gasteiger partial charge < -0.3 is 10.3 Å². The zero-order valence-corrected chi connectivity index (χ0v) is 14.7. The van der Waals surface area contributed by atoms with Gasteiger partial charge in [0.05, 0.1) is 11.0 Å². The van der Waals surface area contributed by atoms with Gasteiger partial charge in [-0.25, -0.2) is 4.79 Å². The Morgan fingerprint density at radius 2 is 2.04 bits per heavy atom. The maximum atomic E-state index is 12.0. The first-order valence-corrected chi connectivity index (χ1v) is 9.85. The van der Waals surface area contributed by atoms with Gasteiger partial charge in [-0.3, -0.25) is 9.36 Å². The number of thioether (sulfide) groups is 1. The number of para-hydroxylation sites is 2. The molecule has 0 unspecified atom stereocenters. The number of aromatic nitrogens is 2. The van der Waals surface area contributed by atoms with E-state index in [9.17, 15) is 9.59 Å². The molecule has 1 aromatic carbocycles. The van der Waals surface area contributed by atoms with Crippen molar-refractivity contribution in [2.75, 3.05) is 12.3 Å². The molecule has 3 rings (SSSR count). The number of aryl methyl sites for hydroxylation is 1. The molecule has 1 saturated carbocycles. The summed E-state index contributed by atoms with van der Waals surface area (Å²) < 4.78 is 1.63. The van der Waals surface area contributed by atoms with Crippen LogP contribution in [0.2, 0.25) is 0 Å². The first-order valence-electron chi connectivity index (χ1n) is 8.80. The van der Waals surface area contributed by atoms with E-state index in [2.05, 4.69) is 10.3 Å². The van der Waals surface area contributed by atoms with Crippen LogP contribution in [0.4, 0.5) is 0 Å². The third-order valence-corrected chi connectivity index (χ3v) is 5.96. The average Bonchev–Trinajstić information content (AvgIpc) is 2.93. The fourth-order valence-electron chi connectivity index (χ4n) is 3.28. The highest BCUT2D eigenvalue weighted by molar-refractivity contribution is 7.99. The molecule has 1 heterocycles. The number of nitrogens with zero attached hydrogens (tertiary/aromatic N) is 1. The first-order chi connectivity index (χ1) is 11.7. The maximum absolute atomic E-state index is 12.0. The highest BCUT2D eigenvalue weighted by atomic mass is 32.2. The number of carbonyl (C=O) groups is 1. The van der Waals surface area contributed by atoms with Crippen LogP contribution in [0.5, 0.6) is 0 Å². The maximum Gasteiger partial charge on any atom is 0.326 e. The van der Waals surface area contributed by atoms with Crippen molar-refractivity contribution in [1.82, 2.24) is 14.9 Å².